The Balaban J connectivity index is 1.82. The first kappa shape index (κ1) is 14.3. The van der Waals surface area contributed by atoms with E-state index >= 15 is 0 Å². The van der Waals surface area contributed by atoms with E-state index in [-0.39, 0.29) is 0 Å². The summed E-state index contributed by atoms with van der Waals surface area (Å²) >= 11 is 0. The third-order valence-electron chi connectivity index (χ3n) is 3.69. The molecule has 19 heavy (non-hydrogen) atoms. The lowest BCUT2D eigenvalue weighted by Crippen LogP contribution is -2.32. The molecule has 3 N–H and O–H groups in total. The predicted molar refractivity (Wildman–Crippen MR) is 76.9 cm³/mol. The fourth-order valence-electron chi connectivity index (χ4n) is 2.61. The second-order valence-corrected chi connectivity index (χ2v) is 5.46. The summed E-state index contributed by atoms with van der Waals surface area (Å²) in [5, 5.41) is 10.2. The monoisotopic (exact) mass is 264 g/mol. The normalized spacial score (nSPS) is 18.7. The van der Waals surface area contributed by atoms with Gasteiger partial charge in [0.15, 0.2) is 0 Å². The number of hydrogen-bond donors (Lipinski definition) is 2. The molecular weight excluding hydrogens is 240 g/mol. The van der Waals surface area contributed by atoms with Crippen LogP contribution in [0.5, 0.6) is 0 Å². The second kappa shape index (κ2) is 6.89. The number of benzene rings is 1. The minimum absolute atomic E-state index is 0.478. The van der Waals surface area contributed by atoms with Crippen LogP contribution in [0.2, 0.25) is 0 Å². The Morgan fingerprint density at radius 2 is 2.16 bits per heavy atom. The summed E-state index contributed by atoms with van der Waals surface area (Å²) in [7, 11) is 2.06. The Kier molecular flexibility index (Phi) is 5.19. The Morgan fingerprint density at radius 1 is 1.42 bits per heavy atom. The van der Waals surface area contributed by atoms with Crippen molar-refractivity contribution in [3.63, 3.8) is 0 Å². The average Bonchev–Trinajstić information content (AvgIpc) is 2.39. The molecule has 0 bridgehead atoms. The molecule has 106 valence electrons. The summed E-state index contributed by atoms with van der Waals surface area (Å²) in [6.07, 6.45) is 1.77. The van der Waals surface area contributed by atoms with Gasteiger partial charge in [0.1, 0.15) is 0 Å². The van der Waals surface area contributed by atoms with Crippen molar-refractivity contribution in [2.45, 2.75) is 18.9 Å². The third-order valence-corrected chi connectivity index (χ3v) is 3.69. The van der Waals surface area contributed by atoms with Crippen molar-refractivity contribution in [1.29, 1.82) is 0 Å². The third kappa shape index (κ3) is 4.49. The van der Waals surface area contributed by atoms with Gasteiger partial charge in [0, 0.05) is 32.0 Å². The topological polar surface area (TPSA) is 58.7 Å². The van der Waals surface area contributed by atoms with Crippen molar-refractivity contribution < 1.29 is 9.84 Å². The summed E-state index contributed by atoms with van der Waals surface area (Å²) in [5.74, 6) is 0.687. The van der Waals surface area contributed by atoms with Crippen LogP contribution >= 0.6 is 0 Å². The summed E-state index contributed by atoms with van der Waals surface area (Å²) in [4.78, 5) is 2.20. The number of ether oxygens (including phenoxy) is 1. The SMILES string of the molecule is CN(CC1CCOCC1)CC(O)c1cccc(N)c1. The van der Waals surface area contributed by atoms with Crippen molar-refractivity contribution in [2.24, 2.45) is 5.92 Å². The number of likely N-dealkylation sites (N-methyl/N-ethyl adjacent to an activating group) is 1. The lowest BCUT2D eigenvalue weighted by molar-refractivity contribution is 0.0478. The molecule has 4 heteroatoms. The smallest absolute Gasteiger partial charge is 0.0917 e. The van der Waals surface area contributed by atoms with Gasteiger partial charge in [-0.1, -0.05) is 12.1 Å². The van der Waals surface area contributed by atoms with Gasteiger partial charge in [-0.2, -0.15) is 0 Å². The fourth-order valence-corrected chi connectivity index (χ4v) is 2.61. The minimum atomic E-state index is -0.478. The van der Waals surface area contributed by atoms with E-state index in [1.807, 2.05) is 24.3 Å². The maximum Gasteiger partial charge on any atom is 0.0917 e. The van der Waals surface area contributed by atoms with Gasteiger partial charge in [0.25, 0.3) is 0 Å². The van der Waals surface area contributed by atoms with Gasteiger partial charge >= 0.3 is 0 Å². The molecule has 1 aliphatic heterocycles. The Bertz CT molecular complexity index is 391. The van der Waals surface area contributed by atoms with E-state index in [9.17, 15) is 5.11 Å². The van der Waals surface area contributed by atoms with Crippen LogP contribution in [0.1, 0.15) is 24.5 Å². The standard InChI is InChI=1S/C15H24N2O2/c1-17(10-12-5-7-19-8-6-12)11-15(18)13-3-2-4-14(16)9-13/h2-4,9,12,15,18H,5-8,10-11,16H2,1H3. The van der Waals surface area contributed by atoms with Crippen LogP contribution in [0.15, 0.2) is 24.3 Å². The Labute approximate surface area is 115 Å². The van der Waals surface area contributed by atoms with Gasteiger partial charge < -0.3 is 20.5 Å². The Morgan fingerprint density at radius 3 is 2.84 bits per heavy atom. The summed E-state index contributed by atoms with van der Waals surface area (Å²) < 4.78 is 5.36. The highest BCUT2D eigenvalue weighted by molar-refractivity contribution is 5.41. The van der Waals surface area contributed by atoms with E-state index in [4.69, 9.17) is 10.5 Å². The van der Waals surface area contributed by atoms with Gasteiger partial charge in [0.2, 0.25) is 0 Å². The van der Waals surface area contributed by atoms with Gasteiger partial charge in [-0.3, -0.25) is 0 Å². The molecule has 1 aliphatic rings. The van der Waals surface area contributed by atoms with Crippen LogP contribution in [0.25, 0.3) is 0 Å². The molecule has 0 aromatic heterocycles. The van der Waals surface area contributed by atoms with E-state index in [0.29, 0.717) is 18.2 Å². The minimum Gasteiger partial charge on any atom is -0.399 e. The molecule has 4 nitrogen and oxygen atoms in total. The lowest BCUT2D eigenvalue weighted by atomic mass is 9.99. The van der Waals surface area contributed by atoms with E-state index < -0.39 is 6.10 Å². The molecule has 1 aromatic rings. The van der Waals surface area contributed by atoms with Crippen molar-refractivity contribution in [2.75, 3.05) is 39.1 Å². The van der Waals surface area contributed by atoms with Gasteiger partial charge in [-0.05, 0) is 43.5 Å². The van der Waals surface area contributed by atoms with E-state index in [1.165, 1.54) is 0 Å². The fraction of sp³-hybridized carbons (Fsp3) is 0.600. The van der Waals surface area contributed by atoms with E-state index in [0.717, 1.165) is 38.2 Å². The van der Waals surface area contributed by atoms with Crippen LogP contribution in [0.4, 0.5) is 5.69 Å². The highest BCUT2D eigenvalue weighted by Gasteiger charge is 2.18. The van der Waals surface area contributed by atoms with Crippen molar-refractivity contribution >= 4 is 5.69 Å². The van der Waals surface area contributed by atoms with Gasteiger partial charge in [-0.25, -0.2) is 0 Å². The molecule has 1 fully saturated rings. The molecule has 0 aliphatic carbocycles. The first-order valence-corrected chi connectivity index (χ1v) is 6.95. The summed E-state index contributed by atoms with van der Waals surface area (Å²) in [6, 6.07) is 7.48. The molecular formula is C15H24N2O2. The maximum atomic E-state index is 10.2. The first-order chi connectivity index (χ1) is 9.15. The average molecular weight is 264 g/mol. The van der Waals surface area contributed by atoms with Crippen LogP contribution < -0.4 is 5.73 Å². The number of hydrogen-bond acceptors (Lipinski definition) is 4. The van der Waals surface area contributed by atoms with Crippen molar-refractivity contribution in [1.82, 2.24) is 4.90 Å². The predicted octanol–water partition coefficient (Wildman–Crippen LogP) is 1.66. The molecule has 2 rings (SSSR count). The summed E-state index contributed by atoms with van der Waals surface area (Å²) in [6.45, 7) is 3.40. The Hall–Kier alpha value is -1.10. The number of rotatable bonds is 5. The van der Waals surface area contributed by atoms with Crippen molar-refractivity contribution in [3.8, 4) is 0 Å². The van der Waals surface area contributed by atoms with Crippen LogP contribution in [-0.4, -0.2) is 43.4 Å². The molecule has 1 unspecified atom stereocenters. The molecule has 1 saturated heterocycles. The molecule has 0 saturated carbocycles. The lowest BCUT2D eigenvalue weighted by Gasteiger charge is -2.28. The molecule has 0 spiro atoms. The highest BCUT2D eigenvalue weighted by atomic mass is 16.5. The van der Waals surface area contributed by atoms with E-state index in [1.54, 1.807) is 0 Å². The quantitative estimate of drug-likeness (QED) is 0.794. The van der Waals surface area contributed by atoms with Crippen LogP contribution in [0.3, 0.4) is 0 Å². The zero-order chi connectivity index (χ0) is 13.7. The molecule has 1 aromatic carbocycles. The zero-order valence-corrected chi connectivity index (χ0v) is 11.6. The number of anilines is 1. The highest BCUT2D eigenvalue weighted by Crippen LogP contribution is 2.19. The molecule has 0 radical (unpaired) electrons. The number of nitrogen functional groups attached to an aromatic ring is 1. The number of aliphatic hydroxyl groups excluding tert-OH is 1. The summed E-state index contributed by atoms with van der Waals surface area (Å²) in [5.41, 5.74) is 7.32. The van der Waals surface area contributed by atoms with Gasteiger partial charge in [0.05, 0.1) is 6.10 Å². The number of nitrogens with two attached hydrogens (primary N) is 1. The number of aliphatic hydroxyl groups is 1. The molecule has 1 atom stereocenters. The second-order valence-electron chi connectivity index (χ2n) is 5.46. The molecule has 1 heterocycles. The largest absolute Gasteiger partial charge is 0.399 e. The van der Waals surface area contributed by atoms with E-state index in [2.05, 4.69) is 11.9 Å². The number of nitrogens with zero attached hydrogens (tertiary/aromatic N) is 1. The van der Waals surface area contributed by atoms with Crippen molar-refractivity contribution in [3.05, 3.63) is 29.8 Å². The van der Waals surface area contributed by atoms with Gasteiger partial charge in [-0.15, -0.1) is 0 Å². The molecule has 0 amide bonds. The first-order valence-electron chi connectivity index (χ1n) is 6.95. The van der Waals surface area contributed by atoms with Crippen LogP contribution in [0, 0.1) is 5.92 Å². The maximum absolute atomic E-state index is 10.2. The van der Waals surface area contributed by atoms with Crippen LogP contribution in [-0.2, 0) is 4.74 Å². The zero-order valence-electron chi connectivity index (χ0n) is 11.6.